The maximum Gasteiger partial charge on any atom is 0.189 e. The highest BCUT2D eigenvalue weighted by atomic mass is 16.3. The van der Waals surface area contributed by atoms with Gasteiger partial charge in [-0.25, -0.2) is 4.99 Å². The van der Waals surface area contributed by atoms with Crippen LogP contribution in [0, 0.1) is 6.92 Å². The number of phenols is 1. The van der Waals surface area contributed by atoms with Crippen molar-refractivity contribution in [1.82, 2.24) is 0 Å². The van der Waals surface area contributed by atoms with E-state index in [0.717, 1.165) is 11.3 Å². The molecule has 3 heteroatoms. The SMILES string of the molecule is CC1=CC(=Nc2ccc(C)cc2)c2c(O)cccc2C1=O. The molecule has 3 rings (SSSR count). The summed E-state index contributed by atoms with van der Waals surface area (Å²) in [7, 11) is 0. The number of phenolic OH excluding ortho intramolecular Hbond substituents is 1. The summed E-state index contributed by atoms with van der Waals surface area (Å²) in [5, 5.41) is 10.1. The number of nitrogens with zero attached hydrogens (tertiary/aromatic N) is 1. The third kappa shape index (κ3) is 2.38. The molecule has 0 aromatic heterocycles. The Morgan fingerprint density at radius 1 is 1.00 bits per heavy atom. The van der Waals surface area contributed by atoms with Crippen molar-refractivity contribution in [3.05, 3.63) is 70.8 Å². The van der Waals surface area contributed by atoms with Crippen LogP contribution in [0.4, 0.5) is 5.69 Å². The number of hydrogen-bond acceptors (Lipinski definition) is 3. The number of aryl methyl sites for hydroxylation is 1. The van der Waals surface area contributed by atoms with Crippen molar-refractivity contribution in [1.29, 1.82) is 0 Å². The average Bonchev–Trinajstić information content (AvgIpc) is 2.47. The zero-order chi connectivity index (χ0) is 15.0. The van der Waals surface area contributed by atoms with Crippen molar-refractivity contribution < 1.29 is 9.90 Å². The molecule has 2 aromatic rings. The molecule has 0 atom stereocenters. The second-order valence-corrected chi connectivity index (χ2v) is 5.19. The van der Waals surface area contributed by atoms with E-state index in [4.69, 9.17) is 0 Å². The number of fused-ring (bicyclic) bond motifs is 1. The van der Waals surface area contributed by atoms with E-state index >= 15 is 0 Å². The third-order valence-corrected chi connectivity index (χ3v) is 3.54. The van der Waals surface area contributed by atoms with E-state index in [9.17, 15) is 9.90 Å². The molecule has 0 amide bonds. The molecule has 0 unspecified atom stereocenters. The molecule has 0 bridgehead atoms. The highest BCUT2D eigenvalue weighted by Gasteiger charge is 2.24. The lowest BCUT2D eigenvalue weighted by atomic mass is 9.89. The van der Waals surface area contributed by atoms with Crippen LogP contribution >= 0.6 is 0 Å². The number of Topliss-reactive ketones (excluding diaryl/α,β-unsaturated/α-hetero) is 1. The van der Waals surface area contributed by atoms with Crippen LogP contribution in [0.1, 0.15) is 28.4 Å². The molecule has 0 aliphatic heterocycles. The fourth-order valence-electron chi connectivity index (χ4n) is 2.40. The normalized spacial score (nSPS) is 15.8. The lowest BCUT2D eigenvalue weighted by Gasteiger charge is -2.16. The summed E-state index contributed by atoms with van der Waals surface area (Å²) < 4.78 is 0. The van der Waals surface area contributed by atoms with Crippen LogP contribution in [0.5, 0.6) is 5.75 Å². The van der Waals surface area contributed by atoms with Gasteiger partial charge in [0.15, 0.2) is 5.78 Å². The Balaban J connectivity index is 2.19. The van der Waals surface area contributed by atoms with E-state index in [1.807, 2.05) is 31.2 Å². The summed E-state index contributed by atoms with van der Waals surface area (Å²) in [6.45, 7) is 3.78. The fourth-order valence-corrected chi connectivity index (χ4v) is 2.40. The zero-order valence-corrected chi connectivity index (χ0v) is 11.9. The van der Waals surface area contributed by atoms with Crippen molar-refractivity contribution in [2.45, 2.75) is 13.8 Å². The molecule has 0 spiro atoms. The molecule has 0 fully saturated rings. The molecule has 2 aromatic carbocycles. The van der Waals surface area contributed by atoms with Crippen LogP contribution in [0.3, 0.4) is 0 Å². The first kappa shape index (κ1) is 13.3. The van der Waals surface area contributed by atoms with Gasteiger partial charge in [0.05, 0.1) is 17.0 Å². The predicted molar refractivity (Wildman–Crippen MR) is 83.6 cm³/mol. The van der Waals surface area contributed by atoms with E-state index < -0.39 is 0 Å². The summed E-state index contributed by atoms with van der Waals surface area (Å²) >= 11 is 0. The van der Waals surface area contributed by atoms with E-state index in [1.54, 1.807) is 31.2 Å². The molecule has 3 nitrogen and oxygen atoms in total. The van der Waals surface area contributed by atoms with Gasteiger partial charge in [0.25, 0.3) is 0 Å². The van der Waals surface area contributed by atoms with Gasteiger partial charge in [-0.15, -0.1) is 0 Å². The monoisotopic (exact) mass is 277 g/mol. The van der Waals surface area contributed by atoms with Gasteiger partial charge in [0, 0.05) is 5.56 Å². The number of carbonyl (C=O) groups is 1. The standard InChI is InChI=1S/C18H15NO2/c1-11-6-8-13(9-7-11)19-15-10-12(2)18(21)14-4-3-5-16(20)17(14)15/h3-10,20H,1-2H3. The van der Waals surface area contributed by atoms with E-state index in [1.165, 1.54) is 0 Å². The first-order chi connectivity index (χ1) is 10.1. The number of aliphatic imine (C=N–C) groups is 1. The minimum Gasteiger partial charge on any atom is -0.507 e. The molecule has 0 radical (unpaired) electrons. The Morgan fingerprint density at radius 2 is 1.71 bits per heavy atom. The number of benzene rings is 2. The molecule has 1 N–H and O–H groups in total. The molecular weight excluding hydrogens is 262 g/mol. The topological polar surface area (TPSA) is 49.7 Å². The second kappa shape index (κ2) is 5.02. The quantitative estimate of drug-likeness (QED) is 0.857. The third-order valence-electron chi connectivity index (χ3n) is 3.54. The molecule has 0 saturated carbocycles. The van der Waals surface area contributed by atoms with Gasteiger partial charge in [0.1, 0.15) is 5.75 Å². The molecule has 1 aliphatic rings. The fraction of sp³-hybridized carbons (Fsp3) is 0.111. The largest absolute Gasteiger partial charge is 0.507 e. The van der Waals surface area contributed by atoms with Gasteiger partial charge < -0.3 is 5.11 Å². The average molecular weight is 277 g/mol. The summed E-state index contributed by atoms with van der Waals surface area (Å²) in [5.74, 6) is 0.0132. The van der Waals surface area contributed by atoms with Crippen LogP contribution in [-0.4, -0.2) is 16.6 Å². The maximum atomic E-state index is 12.2. The van der Waals surface area contributed by atoms with Crippen LogP contribution in [-0.2, 0) is 0 Å². The molecule has 1 aliphatic carbocycles. The Hall–Kier alpha value is -2.68. The Morgan fingerprint density at radius 3 is 2.43 bits per heavy atom. The van der Waals surface area contributed by atoms with Gasteiger partial charge in [-0.1, -0.05) is 29.8 Å². The zero-order valence-electron chi connectivity index (χ0n) is 11.9. The van der Waals surface area contributed by atoms with E-state index in [0.29, 0.717) is 22.4 Å². The van der Waals surface area contributed by atoms with E-state index in [-0.39, 0.29) is 11.5 Å². The van der Waals surface area contributed by atoms with Crippen molar-refractivity contribution in [2.75, 3.05) is 0 Å². The highest BCUT2D eigenvalue weighted by Crippen LogP contribution is 2.30. The number of allylic oxidation sites excluding steroid dienone is 2. The van der Waals surface area contributed by atoms with Crippen molar-refractivity contribution in [2.24, 2.45) is 4.99 Å². The lowest BCUT2D eigenvalue weighted by Crippen LogP contribution is -2.16. The molecule has 0 saturated heterocycles. The Bertz CT molecular complexity index is 783. The van der Waals surface area contributed by atoms with Crippen LogP contribution in [0.25, 0.3) is 0 Å². The molecule has 0 heterocycles. The number of hydrogen-bond donors (Lipinski definition) is 1. The number of ketones is 1. The van der Waals surface area contributed by atoms with Crippen LogP contribution < -0.4 is 0 Å². The summed E-state index contributed by atoms with van der Waals surface area (Å²) in [6, 6.07) is 12.8. The minimum atomic E-state index is -0.0660. The minimum absolute atomic E-state index is 0.0660. The summed E-state index contributed by atoms with van der Waals surface area (Å²) in [6.07, 6.45) is 1.73. The first-order valence-corrected chi connectivity index (χ1v) is 6.77. The van der Waals surface area contributed by atoms with Crippen molar-refractivity contribution in [3.8, 4) is 5.75 Å². The smallest absolute Gasteiger partial charge is 0.189 e. The highest BCUT2D eigenvalue weighted by molar-refractivity contribution is 6.27. The molecule has 104 valence electrons. The first-order valence-electron chi connectivity index (χ1n) is 6.77. The summed E-state index contributed by atoms with van der Waals surface area (Å²) in [4.78, 5) is 16.8. The van der Waals surface area contributed by atoms with Crippen LogP contribution in [0.15, 0.2) is 59.1 Å². The van der Waals surface area contributed by atoms with Crippen molar-refractivity contribution >= 4 is 17.2 Å². The van der Waals surface area contributed by atoms with Crippen molar-refractivity contribution in [3.63, 3.8) is 0 Å². The van der Waals surface area contributed by atoms with Gasteiger partial charge in [-0.2, -0.15) is 0 Å². The van der Waals surface area contributed by atoms with Gasteiger partial charge in [0.2, 0.25) is 0 Å². The predicted octanol–water partition coefficient (Wildman–Crippen LogP) is 3.96. The lowest BCUT2D eigenvalue weighted by molar-refractivity contribution is 0.103. The maximum absolute atomic E-state index is 12.2. The van der Waals surface area contributed by atoms with E-state index in [2.05, 4.69) is 4.99 Å². The Kier molecular flexibility index (Phi) is 3.18. The number of aromatic hydroxyl groups is 1. The molecular formula is C18H15NO2. The number of rotatable bonds is 1. The second-order valence-electron chi connectivity index (χ2n) is 5.19. The molecule has 21 heavy (non-hydrogen) atoms. The summed E-state index contributed by atoms with van der Waals surface area (Å²) in [5.41, 5.74) is 4.20. The van der Waals surface area contributed by atoms with Gasteiger partial charge in [-0.3, -0.25) is 4.79 Å². The van der Waals surface area contributed by atoms with Gasteiger partial charge in [-0.05, 0) is 43.7 Å². The van der Waals surface area contributed by atoms with Gasteiger partial charge >= 0.3 is 0 Å². The van der Waals surface area contributed by atoms with Crippen LogP contribution in [0.2, 0.25) is 0 Å². The number of carbonyl (C=O) groups excluding carboxylic acids is 1. The Labute approximate surface area is 123 Å².